The number of aryl methyl sites for hydroxylation is 2. The number of nitrogens with one attached hydrogen (secondary N) is 1. The average molecular weight is 517 g/mol. The number of benzene rings is 2. The monoisotopic (exact) mass is 516 g/mol. The van der Waals surface area contributed by atoms with E-state index in [1.54, 1.807) is 0 Å². The largest absolute Gasteiger partial charge is 0.369 e. The van der Waals surface area contributed by atoms with Crippen LogP contribution in [-0.4, -0.2) is 62.3 Å². The van der Waals surface area contributed by atoms with Gasteiger partial charge >= 0.3 is 0 Å². The molecule has 1 saturated heterocycles. The summed E-state index contributed by atoms with van der Waals surface area (Å²) in [6.45, 7) is 8.19. The van der Waals surface area contributed by atoms with Crippen LogP contribution in [-0.2, 0) is 0 Å². The lowest BCUT2D eigenvalue weighted by Gasteiger charge is -2.36. The van der Waals surface area contributed by atoms with Crippen molar-refractivity contribution >= 4 is 33.9 Å². The lowest BCUT2D eigenvalue weighted by Crippen LogP contribution is -2.45. The van der Waals surface area contributed by atoms with Crippen molar-refractivity contribution in [1.29, 1.82) is 0 Å². The van der Waals surface area contributed by atoms with E-state index in [4.69, 9.17) is 0 Å². The van der Waals surface area contributed by atoms with Gasteiger partial charge in [-0.25, -0.2) is 32.9 Å². The number of anilines is 3. The second kappa shape index (κ2) is 9.18. The quantitative estimate of drug-likeness (QED) is 0.389. The molecule has 0 atom stereocenters. The van der Waals surface area contributed by atoms with Crippen molar-refractivity contribution in [2.24, 2.45) is 0 Å². The van der Waals surface area contributed by atoms with Gasteiger partial charge in [-0.05, 0) is 56.3 Å². The molecule has 6 rings (SSSR count). The number of imidazole rings is 1. The van der Waals surface area contributed by atoms with Crippen molar-refractivity contribution < 1.29 is 8.78 Å². The van der Waals surface area contributed by atoms with Gasteiger partial charge in [0.1, 0.15) is 11.2 Å². The van der Waals surface area contributed by atoms with Crippen LogP contribution in [0.5, 0.6) is 0 Å². The summed E-state index contributed by atoms with van der Waals surface area (Å²) >= 11 is 0. The summed E-state index contributed by atoms with van der Waals surface area (Å²) < 4.78 is 31.4. The Hall–Kier alpha value is -4.38. The van der Waals surface area contributed by atoms with Gasteiger partial charge in [0.25, 0.3) is 5.56 Å². The Kier molecular flexibility index (Phi) is 5.79. The van der Waals surface area contributed by atoms with E-state index in [1.807, 2.05) is 0 Å². The number of rotatable bonds is 4. The van der Waals surface area contributed by atoms with E-state index in [1.165, 1.54) is 34.9 Å². The lowest BCUT2D eigenvalue weighted by atomic mass is 10.1. The highest BCUT2D eigenvalue weighted by Gasteiger charge is 2.21. The van der Waals surface area contributed by atoms with Crippen molar-refractivity contribution in [3.8, 4) is 5.69 Å². The van der Waals surface area contributed by atoms with E-state index >= 15 is 0 Å². The number of aromatic nitrogens is 5. The van der Waals surface area contributed by atoms with Crippen LogP contribution in [0.15, 0.2) is 53.7 Å². The van der Waals surface area contributed by atoms with Gasteiger partial charge in [-0.1, -0.05) is 6.07 Å². The van der Waals surface area contributed by atoms with Crippen LogP contribution in [0.1, 0.15) is 11.1 Å². The third-order valence-corrected chi connectivity index (χ3v) is 6.98. The molecule has 0 unspecified atom stereocenters. The molecule has 0 radical (unpaired) electrons. The highest BCUT2D eigenvalue weighted by molar-refractivity contribution is 5.90. The third-order valence-electron chi connectivity index (χ3n) is 6.98. The zero-order valence-electron chi connectivity index (χ0n) is 21.2. The minimum Gasteiger partial charge on any atom is -0.369 e. The Balaban J connectivity index is 1.40. The molecular formula is C27H26F2N8O. The Morgan fingerprint density at radius 3 is 2.32 bits per heavy atom. The molecule has 3 aromatic heterocycles. The minimum absolute atomic E-state index is 0.0923. The fourth-order valence-corrected chi connectivity index (χ4v) is 5.20. The zero-order valence-corrected chi connectivity index (χ0v) is 21.2. The van der Waals surface area contributed by atoms with Crippen LogP contribution < -0.4 is 15.8 Å². The Morgan fingerprint density at radius 1 is 0.947 bits per heavy atom. The summed E-state index contributed by atoms with van der Waals surface area (Å²) in [5, 5.41) is 3.33. The van der Waals surface area contributed by atoms with Crippen LogP contribution in [0.3, 0.4) is 0 Å². The molecule has 194 valence electrons. The number of fused-ring (bicyclic) bond motifs is 3. The summed E-state index contributed by atoms with van der Waals surface area (Å²) in [6, 6.07) is 7.55. The lowest BCUT2D eigenvalue weighted by molar-refractivity contribution is 0.312. The van der Waals surface area contributed by atoms with Gasteiger partial charge < -0.3 is 15.1 Å². The minimum atomic E-state index is -0.869. The van der Waals surface area contributed by atoms with Crippen LogP contribution >= 0.6 is 0 Å². The summed E-state index contributed by atoms with van der Waals surface area (Å²) in [7, 11) is 2.14. The predicted octanol–water partition coefficient (Wildman–Crippen LogP) is 3.82. The molecule has 38 heavy (non-hydrogen) atoms. The molecule has 5 aromatic rings. The predicted molar refractivity (Wildman–Crippen MR) is 143 cm³/mol. The number of halogens is 2. The van der Waals surface area contributed by atoms with E-state index in [2.05, 4.69) is 63.1 Å². The molecular weight excluding hydrogens is 490 g/mol. The van der Waals surface area contributed by atoms with Gasteiger partial charge in [-0.2, -0.15) is 0 Å². The van der Waals surface area contributed by atoms with Crippen LogP contribution in [0.25, 0.3) is 22.2 Å². The maximum atomic E-state index is 14.6. The zero-order chi connectivity index (χ0) is 26.6. The first-order valence-electron chi connectivity index (χ1n) is 12.3. The first-order valence-corrected chi connectivity index (χ1v) is 12.3. The topological polar surface area (TPSA) is 83.6 Å². The molecule has 9 nitrogen and oxygen atoms in total. The average Bonchev–Trinajstić information content (AvgIpc) is 3.36. The van der Waals surface area contributed by atoms with Gasteiger partial charge in [0, 0.05) is 56.1 Å². The molecule has 11 heteroatoms. The van der Waals surface area contributed by atoms with E-state index in [0.717, 1.165) is 59.8 Å². The normalized spacial score (nSPS) is 14.5. The number of hydrogen-bond acceptors (Lipinski definition) is 7. The molecule has 0 aliphatic carbocycles. The van der Waals surface area contributed by atoms with Crippen molar-refractivity contribution in [3.05, 3.63) is 82.0 Å². The number of likely N-dealkylation sites (N-methyl/N-ethyl adjacent to an activating group) is 1. The highest BCUT2D eigenvalue weighted by atomic mass is 19.1. The van der Waals surface area contributed by atoms with E-state index in [9.17, 15) is 13.6 Å². The second-order valence-corrected chi connectivity index (χ2v) is 9.61. The number of nitrogens with zero attached hydrogens (tertiary/aromatic N) is 7. The molecule has 1 aliphatic heterocycles. The smallest absolute Gasteiger partial charge is 0.281 e. The van der Waals surface area contributed by atoms with Gasteiger partial charge in [0.05, 0.1) is 5.39 Å². The maximum Gasteiger partial charge on any atom is 0.281 e. The summed E-state index contributed by atoms with van der Waals surface area (Å²) in [5.74, 6) is -1.46. The molecule has 0 amide bonds. The van der Waals surface area contributed by atoms with Crippen molar-refractivity contribution in [2.75, 3.05) is 43.4 Å². The molecule has 2 aromatic carbocycles. The molecule has 1 fully saturated rings. The molecule has 0 spiro atoms. The van der Waals surface area contributed by atoms with Gasteiger partial charge in [0.15, 0.2) is 17.3 Å². The molecule has 1 N–H and O–H groups in total. The van der Waals surface area contributed by atoms with E-state index in [0.29, 0.717) is 0 Å². The summed E-state index contributed by atoms with van der Waals surface area (Å²) in [6.07, 6.45) is 4.26. The van der Waals surface area contributed by atoms with Gasteiger partial charge in [-0.3, -0.25) is 4.79 Å². The van der Waals surface area contributed by atoms with Crippen molar-refractivity contribution in [2.45, 2.75) is 13.8 Å². The maximum absolute atomic E-state index is 14.6. The second-order valence-electron chi connectivity index (χ2n) is 9.61. The van der Waals surface area contributed by atoms with Crippen molar-refractivity contribution in [1.82, 2.24) is 29.0 Å². The summed E-state index contributed by atoms with van der Waals surface area (Å²) in [5.41, 5.74) is 3.73. The standard InChI is InChI=1S/C27H26F2N8O/c1-16-13-18(14-17(2)23(16)35-11-9-34(3)10-12-35)32-27-31-15-19-22(33-27)25-30-7-8-36(25)37(26(19)38)24-20(28)5-4-6-21(24)29/h4-8,13-15H,9-12H2,1-3H3,(H,31,32,33). The molecule has 4 heterocycles. The first-order chi connectivity index (χ1) is 18.3. The van der Waals surface area contributed by atoms with Crippen LogP contribution in [0.2, 0.25) is 0 Å². The molecule has 0 saturated carbocycles. The fraction of sp³-hybridized carbons (Fsp3) is 0.259. The van der Waals surface area contributed by atoms with Crippen molar-refractivity contribution in [3.63, 3.8) is 0 Å². The Labute approximate surface area is 217 Å². The number of hydrogen-bond donors (Lipinski definition) is 1. The van der Waals surface area contributed by atoms with Crippen LogP contribution in [0, 0.1) is 25.5 Å². The molecule has 1 aliphatic rings. The van der Waals surface area contributed by atoms with E-state index < -0.39 is 22.9 Å². The first kappa shape index (κ1) is 24.0. The van der Waals surface area contributed by atoms with Gasteiger partial charge in [-0.15, -0.1) is 0 Å². The van der Waals surface area contributed by atoms with Gasteiger partial charge in [0.2, 0.25) is 5.95 Å². The third kappa shape index (κ3) is 3.95. The highest BCUT2D eigenvalue weighted by Crippen LogP contribution is 2.30. The molecule has 0 bridgehead atoms. The Morgan fingerprint density at radius 2 is 1.63 bits per heavy atom. The van der Waals surface area contributed by atoms with E-state index in [-0.39, 0.29) is 22.5 Å². The Bertz CT molecular complexity index is 1710. The van der Waals surface area contributed by atoms with Crippen LogP contribution in [0.4, 0.5) is 26.1 Å². The SMILES string of the molecule is Cc1cc(Nc2ncc3c(=O)n(-c4c(F)cccc4F)n4ccnc4c3n2)cc(C)c1N1CCN(C)CC1. The number of piperazine rings is 1. The summed E-state index contributed by atoms with van der Waals surface area (Å²) in [4.78, 5) is 31.3. The number of para-hydroxylation sites is 1. The fourth-order valence-electron chi connectivity index (χ4n) is 5.20.